The van der Waals surface area contributed by atoms with E-state index in [9.17, 15) is 32.3 Å². The monoisotopic (exact) mass is 721 g/mol. The summed E-state index contributed by atoms with van der Waals surface area (Å²) in [5, 5.41) is 10.9. The molecule has 278 valence electrons. The van der Waals surface area contributed by atoms with Crippen molar-refractivity contribution in [3.8, 4) is 0 Å². The van der Waals surface area contributed by atoms with Crippen molar-refractivity contribution in [2.75, 3.05) is 43.9 Å². The zero-order chi connectivity index (χ0) is 37.5. The van der Waals surface area contributed by atoms with Crippen molar-refractivity contribution in [2.45, 2.75) is 65.2 Å². The highest BCUT2D eigenvalue weighted by atomic mass is 19.4. The highest BCUT2D eigenvalue weighted by Gasteiger charge is 2.44. The average molecular weight is 722 g/mol. The number of halogens is 3. The molecule has 0 saturated carbocycles. The molecule has 14 heteroatoms. The Morgan fingerprint density at radius 3 is 2.27 bits per heavy atom. The third-order valence-electron chi connectivity index (χ3n) is 10.2. The molecule has 5 amide bonds. The molecule has 1 aliphatic carbocycles. The van der Waals surface area contributed by atoms with Crippen molar-refractivity contribution in [1.29, 1.82) is 0 Å². The zero-order valence-electron chi connectivity index (χ0n) is 29.7. The molecule has 1 aliphatic heterocycles. The van der Waals surface area contributed by atoms with Gasteiger partial charge in [-0.05, 0) is 85.7 Å². The molecule has 0 spiro atoms. The second-order valence-electron chi connectivity index (χ2n) is 14.0. The van der Waals surface area contributed by atoms with E-state index < -0.39 is 35.5 Å². The van der Waals surface area contributed by atoms with Gasteiger partial charge in [0.1, 0.15) is 18.9 Å². The summed E-state index contributed by atoms with van der Waals surface area (Å²) in [4.78, 5) is 60.9. The highest BCUT2D eigenvalue weighted by molar-refractivity contribution is 5.97. The first-order valence-corrected chi connectivity index (χ1v) is 17.5. The van der Waals surface area contributed by atoms with E-state index in [1.165, 1.54) is 4.90 Å². The number of urea groups is 1. The van der Waals surface area contributed by atoms with E-state index in [1.54, 1.807) is 35.4 Å². The van der Waals surface area contributed by atoms with Crippen LogP contribution in [0.25, 0.3) is 0 Å². The molecule has 1 saturated heterocycles. The largest absolute Gasteiger partial charge is 0.405 e. The number of hydrogen-bond acceptors (Lipinski definition) is 6. The predicted molar refractivity (Wildman–Crippen MR) is 191 cm³/mol. The van der Waals surface area contributed by atoms with Crippen molar-refractivity contribution in [3.63, 3.8) is 0 Å². The molecule has 2 aromatic carbocycles. The van der Waals surface area contributed by atoms with E-state index in [0.717, 1.165) is 22.3 Å². The molecule has 2 aliphatic rings. The number of pyridine rings is 1. The number of piperidine rings is 1. The second-order valence-corrected chi connectivity index (χ2v) is 14.0. The third kappa shape index (κ3) is 9.27. The van der Waals surface area contributed by atoms with Crippen molar-refractivity contribution < 1.29 is 32.3 Å². The van der Waals surface area contributed by atoms with E-state index in [0.29, 0.717) is 37.3 Å². The highest BCUT2D eigenvalue weighted by Crippen LogP contribution is 2.40. The number of alkyl halides is 3. The van der Waals surface area contributed by atoms with Gasteiger partial charge >= 0.3 is 12.2 Å². The molecule has 1 fully saturated rings. The third-order valence-corrected chi connectivity index (χ3v) is 10.2. The Kier molecular flexibility index (Phi) is 11.9. The molecule has 2 heterocycles. The van der Waals surface area contributed by atoms with Gasteiger partial charge in [0.15, 0.2) is 0 Å². The lowest BCUT2D eigenvalue weighted by molar-refractivity contribution is -0.147. The number of nitrogens with one attached hydrogen (secondary N) is 4. The lowest BCUT2D eigenvalue weighted by Crippen LogP contribution is -2.54. The van der Waals surface area contributed by atoms with Gasteiger partial charge in [-0.1, -0.05) is 50.2 Å². The van der Waals surface area contributed by atoms with Gasteiger partial charge in [-0.25, -0.2) is 9.78 Å². The van der Waals surface area contributed by atoms with Gasteiger partial charge in [0, 0.05) is 38.1 Å². The molecular weight excluding hydrogens is 675 g/mol. The number of anilines is 2. The maximum absolute atomic E-state index is 14.5. The lowest BCUT2D eigenvalue weighted by Gasteiger charge is -2.42. The molecule has 0 radical (unpaired) electrons. The Labute approximate surface area is 301 Å². The molecule has 1 atom stereocenters. The van der Waals surface area contributed by atoms with Crippen molar-refractivity contribution in [3.05, 3.63) is 89.1 Å². The van der Waals surface area contributed by atoms with Crippen LogP contribution in [-0.2, 0) is 40.3 Å². The molecular formula is C38H46F3N7O4. The van der Waals surface area contributed by atoms with Crippen LogP contribution >= 0.6 is 0 Å². The number of likely N-dealkylation sites (tertiary alicyclic amines) is 1. The summed E-state index contributed by atoms with van der Waals surface area (Å²) in [5.41, 5.74) is 2.74. The van der Waals surface area contributed by atoms with E-state index in [-0.39, 0.29) is 50.8 Å². The molecule has 0 bridgehead atoms. The van der Waals surface area contributed by atoms with E-state index in [4.69, 9.17) is 0 Å². The normalized spacial score (nSPS) is 17.9. The second kappa shape index (κ2) is 16.1. The maximum Gasteiger partial charge on any atom is 0.405 e. The van der Waals surface area contributed by atoms with Gasteiger partial charge in [-0.3, -0.25) is 14.4 Å². The number of fused-ring (bicyclic) bond motifs is 1. The first-order chi connectivity index (χ1) is 24.7. The number of carbonyl (C=O) groups excluding carboxylic acids is 4. The van der Waals surface area contributed by atoms with Crippen LogP contribution in [0.5, 0.6) is 0 Å². The number of benzene rings is 2. The van der Waals surface area contributed by atoms with Crippen molar-refractivity contribution in [2.24, 2.45) is 10.8 Å². The van der Waals surface area contributed by atoms with Gasteiger partial charge in [-0.2, -0.15) is 13.2 Å². The Morgan fingerprint density at radius 1 is 0.923 bits per heavy atom. The van der Waals surface area contributed by atoms with Crippen LogP contribution < -0.4 is 21.3 Å². The van der Waals surface area contributed by atoms with Crippen molar-refractivity contribution in [1.82, 2.24) is 25.4 Å². The number of hydrogen-bond donors (Lipinski definition) is 4. The Balaban J connectivity index is 1.30. The molecule has 0 unspecified atom stereocenters. The summed E-state index contributed by atoms with van der Waals surface area (Å²) in [7, 11) is 1.82. The van der Waals surface area contributed by atoms with Gasteiger partial charge < -0.3 is 31.1 Å². The SMILES string of the molecule is CCC1(C(=O)N(CC(=O)Nc2ccc3c(c2)C[C@](C)(C(=O)Nc2ccccn2)C3)Cc2ccccc2CNC)CCN(C(=O)NCC(F)(F)F)CC1. The standard InChI is InChI=1S/C38H46F3N7O4/c1-4-37(14-17-47(18-15-37)35(52)44-25-38(39,40)41)34(51)48(23-28-10-6-5-9-27(28)22-42-3)24-32(49)45-30-13-12-26-20-36(2,21-29(26)19-30)33(50)46-31-11-7-8-16-43-31/h5-13,16,19,42H,4,14-15,17-18,20-25H2,1-3H3,(H,44,52)(H,45,49)(H,43,46,50)/t36-/m1/s1. The molecule has 3 aromatic rings. The lowest BCUT2D eigenvalue weighted by atomic mass is 9.74. The molecule has 1 aromatic heterocycles. The summed E-state index contributed by atoms with van der Waals surface area (Å²) in [6.07, 6.45) is -0.992. The first-order valence-electron chi connectivity index (χ1n) is 17.5. The number of carbonyl (C=O) groups is 4. The molecule has 52 heavy (non-hydrogen) atoms. The van der Waals surface area contributed by atoms with Crippen LogP contribution in [0, 0.1) is 10.8 Å². The van der Waals surface area contributed by atoms with Gasteiger partial charge in [0.2, 0.25) is 17.7 Å². The summed E-state index contributed by atoms with van der Waals surface area (Å²) in [6.45, 7) is 3.03. The van der Waals surface area contributed by atoms with Crippen LogP contribution in [0.2, 0.25) is 0 Å². The van der Waals surface area contributed by atoms with Crippen molar-refractivity contribution >= 4 is 35.3 Å². The minimum absolute atomic E-state index is 0.105. The molecule has 11 nitrogen and oxygen atoms in total. The summed E-state index contributed by atoms with van der Waals surface area (Å²) in [6, 6.07) is 17.7. The van der Waals surface area contributed by atoms with Crippen LogP contribution in [0.15, 0.2) is 66.9 Å². The minimum Gasteiger partial charge on any atom is -0.329 e. The first kappa shape index (κ1) is 38.3. The average Bonchev–Trinajstić information content (AvgIpc) is 3.47. The number of amides is 5. The topological polar surface area (TPSA) is 136 Å². The molecule has 5 rings (SSSR count). The van der Waals surface area contributed by atoms with Crippen LogP contribution in [0.3, 0.4) is 0 Å². The summed E-state index contributed by atoms with van der Waals surface area (Å²) >= 11 is 0. The molecule has 4 N–H and O–H groups in total. The van der Waals surface area contributed by atoms with E-state index in [1.807, 2.05) is 62.6 Å². The van der Waals surface area contributed by atoms with Gasteiger partial charge in [0.05, 0.1) is 10.8 Å². The fourth-order valence-electron chi connectivity index (χ4n) is 7.14. The smallest absolute Gasteiger partial charge is 0.329 e. The fourth-order valence-corrected chi connectivity index (χ4v) is 7.14. The van der Waals surface area contributed by atoms with E-state index >= 15 is 0 Å². The van der Waals surface area contributed by atoms with E-state index in [2.05, 4.69) is 20.9 Å². The maximum atomic E-state index is 14.5. The van der Waals surface area contributed by atoms with Gasteiger partial charge in [-0.15, -0.1) is 0 Å². The Morgan fingerprint density at radius 2 is 1.62 bits per heavy atom. The quantitative estimate of drug-likeness (QED) is 0.201. The number of nitrogens with zero attached hydrogens (tertiary/aromatic N) is 3. The number of rotatable bonds is 12. The van der Waals surface area contributed by atoms with Crippen LogP contribution in [0.4, 0.5) is 29.5 Å². The minimum atomic E-state index is -4.53. The van der Waals surface area contributed by atoms with Crippen LogP contribution in [-0.4, -0.2) is 77.9 Å². The Hall–Kier alpha value is -4.98. The van der Waals surface area contributed by atoms with Crippen LogP contribution in [0.1, 0.15) is 55.4 Å². The zero-order valence-corrected chi connectivity index (χ0v) is 29.7. The summed E-state index contributed by atoms with van der Waals surface area (Å²) in [5.74, 6) is -0.308. The fraction of sp³-hybridized carbons (Fsp3) is 0.447. The predicted octanol–water partition coefficient (Wildman–Crippen LogP) is 5.28. The van der Waals surface area contributed by atoms with Gasteiger partial charge in [0.25, 0.3) is 0 Å². The Bertz CT molecular complexity index is 1760. The number of aromatic nitrogens is 1. The summed E-state index contributed by atoms with van der Waals surface area (Å²) < 4.78 is 38.1.